The van der Waals surface area contributed by atoms with Crippen LogP contribution < -0.4 is 10.1 Å². The number of nitrogens with one attached hydrogen (secondary N) is 1. The largest absolute Gasteiger partial charge is 0.454 e. The summed E-state index contributed by atoms with van der Waals surface area (Å²) in [4.78, 5) is 0. The lowest BCUT2D eigenvalue weighted by atomic mass is 10.2. The van der Waals surface area contributed by atoms with Crippen LogP contribution in [0.2, 0.25) is 0 Å². The van der Waals surface area contributed by atoms with Crippen molar-refractivity contribution in [2.24, 2.45) is 7.05 Å². The Labute approximate surface area is 115 Å². The molecule has 0 unspecified atom stereocenters. The van der Waals surface area contributed by atoms with Gasteiger partial charge in [0.05, 0.1) is 12.4 Å². The molecule has 5 heteroatoms. The number of ether oxygens (including phenoxy) is 1. The minimum atomic E-state index is 0.748. The van der Waals surface area contributed by atoms with Gasteiger partial charge < -0.3 is 10.1 Å². The van der Waals surface area contributed by atoms with E-state index in [-0.39, 0.29) is 0 Å². The van der Waals surface area contributed by atoms with Crippen molar-refractivity contribution in [2.45, 2.75) is 13.5 Å². The molecule has 0 amide bonds. The fraction of sp³-hybridized carbons (Fsp3) is 0.308. The van der Waals surface area contributed by atoms with E-state index in [9.17, 15) is 0 Å². The van der Waals surface area contributed by atoms with Gasteiger partial charge in [0.15, 0.2) is 5.75 Å². The Kier molecular flexibility index (Phi) is 4.38. The number of nitrogens with zero attached hydrogens (tertiary/aromatic N) is 2. The standard InChI is InChI=1S/C13H16BrN3O/c1-3-15-7-10-6-11(14)4-5-13(10)18-12-8-16-17(2)9-12/h4-6,8-9,15H,3,7H2,1-2H3. The van der Waals surface area contributed by atoms with Gasteiger partial charge in [-0.1, -0.05) is 22.9 Å². The van der Waals surface area contributed by atoms with Gasteiger partial charge in [0.1, 0.15) is 5.75 Å². The van der Waals surface area contributed by atoms with Gasteiger partial charge in [-0.25, -0.2) is 0 Å². The van der Waals surface area contributed by atoms with Crippen LogP contribution >= 0.6 is 15.9 Å². The Balaban J connectivity index is 2.20. The number of hydrogen-bond donors (Lipinski definition) is 1. The van der Waals surface area contributed by atoms with Crippen LogP contribution in [0, 0.1) is 0 Å². The third-order valence-corrected chi connectivity index (χ3v) is 2.99. The van der Waals surface area contributed by atoms with E-state index >= 15 is 0 Å². The van der Waals surface area contributed by atoms with Crippen molar-refractivity contribution < 1.29 is 4.74 Å². The van der Waals surface area contributed by atoms with Gasteiger partial charge in [-0.3, -0.25) is 4.68 Å². The summed E-state index contributed by atoms with van der Waals surface area (Å²) in [6, 6.07) is 6.00. The molecule has 96 valence electrons. The molecule has 1 aromatic carbocycles. The molecule has 0 spiro atoms. The zero-order valence-electron chi connectivity index (χ0n) is 10.5. The molecule has 0 aliphatic rings. The average Bonchev–Trinajstić information content (AvgIpc) is 2.75. The maximum absolute atomic E-state index is 5.84. The molecule has 0 radical (unpaired) electrons. The van der Waals surface area contributed by atoms with Crippen LogP contribution in [0.5, 0.6) is 11.5 Å². The number of benzene rings is 1. The number of halogens is 1. The summed E-state index contributed by atoms with van der Waals surface area (Å²) in [5, 5.41) is 7.39. The predicted molar refractivity (Wildman–Crippen MR) is 74.8 cm³/mol. The summed E-state index contributed by atoms with van der Waals surface area (Å²) in [5.41, 5.74) is 1.12. The second-order valence-electron chi connectivity index (χ2n) is 3.98. The summed E-state index contributed by atoms with van der Waals surface area (Å²) in [7, 11) is 1.87. The molecular weight excluding hydrogens is 294 g/mol. The molecule has 2 aromatic rings. The lowest BCUT2D eigenvalue weighted by Gasteiger charge is -2.10. The number of rotatable bonds is 5. The smallest absolute Gasteiger partial charge is 0.165 e. The van der Waals surface area contributed by atoms with Crippen molar-refractivity contribution in [3.8, 4) is 11.5 Å². The maximum Gasteiger partial charge on any atom is 0.165 e. The predicted octanol–water partition coefficient (Wildman–Crippen LogP) is 3.08. The molecule has 2 rings (SSSR count). The van der Waals surface area contributed by atoms with E-state index in [0.717, 1.165) is 34.6 Å². The molecule has 0 aliphatic heterocycles. The fourth-order valence-corrected chi connectivity index (χ4v) is 2.03. The molecule has 18 heavy (non-hydrogen) atoms. The third kappa shape index (κ3) is 3.34. The highest BCUT2D eigenvalue weighted by atomic mass is 79.9. The number of aromatic nitrogens is 2. The van der Waals surface area contributed by atoms with Crippen molar-refractivity contribution in [3.05, 3.63) is 40.6 Å². The van der Waals surface area contributed by atoms with Crippen molar-refractivity contribution in [1.82, 2.24) is 15.1 Å². The Hall–Kier alpha value is -1.33. The molecule has 0 saturated carbocycles. The fourth-order valence-electron chi connectivity index (χ4n) is 1.62. The molecule has 1 aromatic heterocycles. The van der Waals surface area contributed by atoms with Crippen LogP contribution in [0.3, 0.4) is 0 Å². The summed E-state index contributed by atoms with van der Waals surface area (Å²) in [6.07, 6.45) is 3.55. The van der Waals surface area contributed by atoms with Gasteiger partial charge in [-0.05, 0) is 24.7 Å². The van der Waals surface area contributed by atoms with E-state index in [0.29, 0.717) is 0 Å². The lowest BCUT2D eigenvalue weighted by molar-refractivity contribution is 0.472. The van der Waals surface area contributed by atoms with Crippen LogP contribution in [0.25, 0.3) is 0 Å². The highest BCUT2D eigenvalue weighted by molar-refractivity contribution is 9.10. The van der Waals surface area contributed by atoms with Crippen LogP contribution in [-0.2, 0) is 13.6 Å². The van der Waals surface area contributed by atoms with Crippen molar-refractivity contribution >= 4 is 15.9 Å². The molecule has 0 aliphatic carbocycles. The molecule has 1 heterocycles. The summed E-state index contributed by atoms with van der Waals surface area (Å²) in [6.45, 7) is 3.80. The van der Waals surface area contributed by atoms with E-state index in [4.69, 9.17) is 4.74 Å². The molecule has 1 N–H and O–H groups in total. The third-order valence-electron chi connectivity index (χ3n) is 2.50. The Morgan fingerprint density at radius 1 is 1.44 bits per heavy atom. The second kappa shape index (κ2) is 6.02. The lowest BCUT2D eigenvalue weighted by Crippen LogP contribution is -2.12. The van der Waals surface area contributed by atoms with Gasteiger partial charge in [0.2, 0.25) is 0 Å². The van der Waals surface area contributed by atoms with Crippen molar-refractivity contribution in [3.63, 3.8) is 0 Å². The highest BCUT2D eigenvalue weighted by Crippen LogP contribution is 2.27. The van der Waals surface area contributed by atoms with E-state index in [1.165, 1.54) is 0 Å². The van der Waals surface area contributed by atoms with E-state index in [1.807, 2.05) is 25.4 Å². The van der Waals surface area contributed by atoms with Crippen LogP contribution in [0.15, 0.2) is 35.1 Å². The minimum absolute atomic E-state index is 0.748. The van der Waals surface area contributed by atoms with Crippen molar-refractivity contribution in [1.29, 1.82) is 0 Å². The Morgan fingerprint density at radius 2 is 2.28 bits per heavy atom. The molecule has 0 fully saturated rings. The van der Waals surface area contributed by atoms with E-state index in [1.54, 1.807) is 10.9 Å². The topological polar surface area (TPSA) is 39.1 Å². The van der Waals surface area contributed by atoms with Gasteiger partial charge in [0.25, 0.3) is 0 Å². The summed E-state index contributed by atoms with van der Waals surface area (Å²) < 4.78 is 8.61. The maximum atomic E-state index is 5.84. The highest BCUT2D eigenvalue weighted by Gasteiger charge is 2.06. The Morgan fingerprint density at radius 3 is 2.94 bits per heavy atom. The average molecular weight is 310 g/mol. The molecule has 4 nitrogen and oxygen atoms in total. The number of aryl methyl sites for hydroxylation is 1. The first kappa shape index (κ1) is 13.1. The second-order valence-corrected chi connectivity index (χ2v) is 4.90. The van der Waals surface area contributed by atoms with Gasteiger partial charge in [-0.2, -0.15) is 5.10 Å². The first-order valence-corrected chi connectivity index (χ1v) is 6.64. The molecule has 0 atom stereocenters. The van der Waals surface area contributed by atoms with Crippen molar-refractivity contribution in [2.75, 3.05) is 6.54 Å². The van der Waals surface area contributed by atoms with Crippen LogP contribution in [-0.4, -0.2) is 16.3 Å². The summed E-state index contributed by atoms with van der Waals surface area (Å²) >= 11 is 3.48. The zero-order chi connectivity index (χ0) is 13.0. The number of hydrogen-bond acceptors (Lipinski definition) is 3. The summed E-state index contributed by atoms with van der Waals surface area (Å²) in [5.74, 6) is 1.60. The Bertz CT molecular complexity index is 525. The molecular formula is C13H16BrN3O. The van der Waals surface area contributed by atoms with Crippen LogP contribution in [0.4, 0.5) is 0 Å². The normalized spacial score (nSPS) is 10.6. The monoisotopic (exact) mass is 309 g/mol. The zero-order valence-corrected chi connectivity index (χ0v) is 12.1. The first-order chi connectivity index (χ1) is 8.69. The molecule has 0 bridgehead atoms. The molecule has 0 saturated heterocycles. The van der Waals surface area contributed by atoms with E-state index < -0.39 is 0 Å². The quantitative estimate of drug-likeness (QED) is 0.922. The minimum Gasteiger partial charge on any atom is -0.454 e. The van der Waals surface area contributed by atoms with Crippen LogP contribution in [0.1, 0.15) is 12.5 Å². The SMILES string of the molecule is CCNCc1cc(Br)ccc1Oc1cnn(C)c1. The van der Waals surface area contributed by atoms with E-state index in [2.05, 4.69) is 39.3 Å². The van der Waals surface area contributed by atoms with Gasteiger partial charge >= 0.3 is 0 Å². The van der Waals surface area contributed by atoms with Gasteiger partial charge in [0, 0.05) is 23.6 Å². The first-order valence-electron chi connectivity index (χ1n) is 5.84. The van der Waals surface area contributed by atoms with Gasteiger partial charge in [-0.15, -0.1) is 0 Å².